The molecule has 1 fully saturated rings. The van der Waals surface area contributed by atoms with Crippen LogP contribution in [0.2, 0.25) is 0 Å². The summed E-state index contributed by atoms with van der Waals surface area (Å²) in [7, 11) is 0. The van der Waals surface area contributed by atoms with E-state index < -0.39 is 28.5 Å². The van der Waals surface area contributed by atoms with Crippen molar-refractivity contribution in [2.45, 2.75) is 38.5 Å². The average Bonchev–Trinajstić information content (AvgIpc) is 2.55. The lowest BCUT2D eigenvalue weighted by molar-refractivity contribution is -0.131. The molecule has 24 heavy (non-hydrogen) atoms. The van der Waals surface area contributed by atoms with Gasteiger partial charge in [0.1, 0.15) is 11.5 Å². The first-order chi connectivity index (χ1) is 11.5. The van der Waals surface area contributed by atoms with E-state index in [2.05, 4.69) is 0 Å². The first kappa shape index (κ1) is 16.2. The second kappa shape index (κ2) is 6.47. The Morgan fingerprint density at radius 1 is 1.00 bits per heavy atom. The van der Waals surface area contributed by atoms with Crippen molar-refractivity contribution in [3.63, 3.8) is 0 Å². The maximum atomic E-state index is 12.0. The fraction of sp³-hybridized carbons (Fsp3) is 0.389. The minimum absolute atomic E-state index is 0.153. The van der Waals surface area contributed by atoms with E-state index in [4.69, 9.17) is 4.42 Å². The third-order valence-electron chi connectivity index (χ3n) is 4.49. The maximum Gasteiger partial charge on any atom is 0.229 e. The molecule has 0 aromatic carbocycles. The summed E-state index contributed by atoms with van der Waals surface area (Å²) in [4.78, 5) is 34.8. The van der Waals surface area contributed by atoms with Gasteiger partial charge in [-0.3, -0.25) is 14.4 Å². The number of aliphatic hydroxyl groups excluding tert-OH is 1. The van der Waals surface area contributed by atoms with Crippen LogP contribution < -0.4 is 5.43 Å². The van der Waals surface area contributed by atoms with Crippen LogP contribution in [0, 0.1) is 5.92 Å². The molecule has 0 saturated heterocycles. The lowest BCUT2D eigenvalue weighted by Crippen LogP contribution is -2.16. The molecule has 0 spiro atoms. The second-order valence-corrected chi connectivity index (χ2v) is 6.28. The Morgan fingerprint density at radius 3 is 2.38 bits per heavy atom. The van der Waals surface area contributed by atoms with Crippen LogP contribution in [0.1, 0.15) is 43.6 Å². The number of aliphatic hydroxyl groups is 1. The lowest BCUT2D eigenvalue weighted by atomic mass is 9.86. The molecule has 0 unspecified atom stereocenters. The molecule has 2 N–H and O–H groups in total. The molecule has 1 aromatic heterocycles. The normalized spacial score (nSPS) is 19.2. The summed E-state index contributed by atoms with van der Waals surface area (Å²) in [5, 5.41) is 19.9. The summed E-state index contributed by atoms with van der Waals surface area (Å²) in [5.41, 5.74) is -0.792. The van der Waals surface area contributed by atoms with Gasteiger partial charge < -0.3 is 14.6 Å². The number of carbonyl (C=O) groups is 2. The Kier molecular flexibility index (Phi) is 4.38. The summed E-state index contributed by atoms with van der Waals surface area (Å²) in [6, 6.07) is 1.24. The molecule has 0 bridgehead atoms. The van der Waals surface area contributed by atoms with E-state index in [1.54, 1.807) is 0 Å². The van der Waals surface area contributed by atoms with Gasteiger partial charge in [-0.15, -0.1) is 0 Å². The van der Waals surface area contributed by atoms with Crippen LogP contribution in [0.4, 0.5) is 0 Å². The summed E-state index contributed by atoms with van der Waals surface area (Å²) < 4.78 is 5.60. The van der Waals surface area contributed by atoms with Crippen LogP contribution in [0.5, 0.6) is 5.75 Å². The molecule has 0 amide bonds. The van der Waals surface area contributed by atoms with E-state index in [-0.39, 0.29) is 11.3 Å². The monoisotopic (exact) mass is 330 g/mol. The van der Waals surface area contributed by atoms with Crippen LogP contribution in [0.3, 0.4) is 0 Å². The summed E-state index contributed by atoms with van der Waals surface area (Å²) in [6.45, 7) is 0. The van der Waals surface area contributed by atoms with Gasteiger partial charge in [0, 0.05) is 24.6 Å². The zero-order valence-electron chi connectivity index (χ0n) is 13.1. The molecule has 1 aromatic rings. The highest BCUT2D eigenvalue weighted by molar-refractivity contribution is 6.48. The van der Waals surface area contributed by atoms with Gasteiger partial charge >= 0.3 is 0 Å². The molecule has 6 heteroatoms. The van der Waals surface area contributed by atoms with Crippen molar-refractivity contribution in [2.24, 2.45) is 5.92 Å². The SMILES string of the molecule is O=C1C=C(O)C(c2oc(CC3CCCCC3)cc(=O)c2O)=CC1=O. The van der Waals surface area contributed by atoms with Gasteiger partial charge in [0.05, 0.1) is 5.57 Å². The molecule has 3 rings (SSSR count). The summed E-state index contributed by atoms with van der Waals surface area (Å²) in [5.74, 6) is -2.37. The lowest BCUT2D eigenvalue weighted by Gasteiger charge is -2.21. The molecule has 0 aliphatic heterocycles. The third-order valence-corrected chi connectivity index (χ3v) is 4.49. The highest BCUT2D eigenvalue weighted by Crippen LogP contribution is 2.32. The Labute approximate surface area is 138 Å². The number of allylic oxidation sites excluding steroid dienone is 3. The Balaban J connectivity index is 1.97. The first-order valence-corrected chi connectivity index (χ1v) is 8.03. The van der Waals surface area contributed by atoms with Gasteiger partial charge in [0.2, 0.25) is 22.7 Å². The molecule has 1 heterocycles. The van der Waals surface area contributed by atoms with Crippen molar-refractivity contribution in [3.8, 4) is 5.75 Å². The molecule has 1 saturated carbocycles. The van der Waals surface area contributed by atoms with Crippen molar-refractivity contribution in [1.82, 2.24) is 0 Å². The van der Waals surface area contributed by atoms with E-state index in [1.807, 2.05) is 0 Å². The number of ketones is 2. The van der Waals surface area contributed by atoms with Gasteiger partial charge in [0.15, 0.2) is 5.76 Å². The average molecular weight is 330 g/mol. The summed E-state index contributed by atoms with van der Waals surface area (Å²) in [6.07, 6.45) is 7.80. The smallest absolute Gasteiger partial charge is 0.229 e. The van der Waals surface area contributed by atoms with Crippen molar-refractivity contribution in [3.05, 3.63) is 45.7 Å². The first-order valence-electron chi connectivity index (χ1n) is 8.03. The summed E-state index contributed by atoms with van der Waals surface area (Å²) >= 11 is 0. The van der Waals surface area contributed by atoms with E-state index in [1.165, 1.54) is 12.5 Å². The standard InChI is InChI=1S/C18H18O6/c19-13-9-15(21)14(20)8-12(13)18-17(23)16(22)7-11(24-18)6-10-4-2-1-3-5-10/h7-10,19,23H,1-6H2. The third kappa shape index (κ3) is 3.18. The fourth-order valence-electron chi connectivity index (χ4n) is 3.23. The van der Waals surface area contributed by atoms with Crippen molar-refractivity contribution < 1.29 is 24.2 Å². The highest BCUT2D eigenvalue weighted by atomic mass is 16.4. The quantitative estimate of drug-likeness (QED) is 0.651. The minimum Gasteiger partial charge on any atom is -0.507 e. The highest BCUT2D eigenvalue weighted by Gasteiger charge is 2.26. The van der Waals surface area contributed by atoms with E-state index in [0.29, 0.717) is 18.1 Å². The zero-order chi connectivity index (χ0) is 17.3. The predicted molar refractivity (Wildman–Crippen MR) is 85.6 cm³/mol. The Morgan fingerprint density at radius 2 is 1.67 bits per heavy atom. The van der Waals surface area contributed by atoms with Gasteiger partial charge in [-0.1, -0.05) is 32.1 Å². The van der Waals surface area contributed by atoms with Crippen LogP contribution in [0.15, 0.2) is 33.2 Å². The van der Waals surface area contributed by atoms with Crippen molar-refractivity contribution >= 4 is 17.1 Å². The van der Waals surface area contributed by atoms with Crippen LogP contribution in [-0.2, 0) is 16.0 Å². The topological polar surface area (TPSA) is 105 Å². The van der Waals surface area contributed by atoms with Crippen LogP contribution in [-0.4, -0.2) is 21.8 Å². The van der Waals surface area contributed by atoms with E-state index >= 15 is 0 Å². The predicted octanol–water partition coefficient (Wildman–Crippen LogP) is 2.45. The molecule has 0 radical (unpaired) electrons. The molecule has 0 atom stereocenters. The van der Waals surface area contributed by atoms with Crippen molar-refractivity contribution in [2.75, 3.05) is 0 Å². The molecule has 126 valence electrons. The minimum atomic E-state index is -0.864. The van der Waals surface area contributed by atoms with Gasteiger partial charge in [-0.2, -0.15) is 0 Å². The number of aromatic hydroxyl groups is 1. The molecular weight excluding hydrogens is 312 g/mol. The molecule has 2 aliphatic carbocycles. The Hall–Kier alpha value is -2.63. The largest absolute Gasteiger partial charge is 0.507 e. The number of hydrogen-bond donors (Lipinski definition) is 2. The van der Waals surface area contributed by atoms with Gasteiger partial charge in [0.25, 0.3) is 0 Å². The van der Waals surface area contributed by atoms with Gasteiger partial charge in [-0.05, 0) is 5.92 Å². The molecule has 6 nitrogen and oxygen atoms in total. The van der Waals surface area contributed by atoms with Crippen LogP contribution in [0.25, 0.3) is 5.57 Å². The molecule has 2 aliphatic rings. The van der Waals surface area contributed by atoms with Gasteiger partial charge in [-0.25, -0.2) is 0 Å². The van der Waals surface area contributed by atoms with Crippen molar-refractivity contribution in [1.29, 1.82) is 0 Å². The maximum absolute atomic E-state index is 12.0. The number of hydrogen-bond acceptors (Lipinski definition) is 6. The van der Waals surface area contributed by atoms with E-state index in [0.717, 1.165) is 37.8 Å². The van der Waals surface area contributed by atoms with Crippen LogP contribution >= 0.6 is 0 Å². The second-order valence-electron chi connectivity index (χ2n) is 6.28. The fourth-order valence-corrected chi connectivity index (χ4v) is 3.23. The Bertz CT molecular complexity index is 805. The number of rotatable bonds is 3. The molecular formula is C18H18O6. The van der Waals surface area contributed by atoms with E-state index in [9.17, 15) is 24.6 Å². The zero-order valence-corrected chi connectivity index (χ0v) is 13.1. The number of carbonyl (C=O) groups excluding carboxylic acids is 2.